The highest BCUT2D eigenvalue weighted by Crippen LogP contribution is 2.26. The van der Waals surface area contributed by atoms with Crippen LogP contribution in [-0.4, -0.2) is 42.9 Å². The highest BCUT2D eigenvalue weighted by atomic mass is 16.2. The Kier molecular flexibility index (Phi) is 7.06. The van der Waals surface area contributed by atoms with E-state index in [1.54, 1.807) is 12.1 Å². The predicted molar refractivity (Wildman–Crippen MR) is 104 cm³/mol. The minimum atomic E-state index is -0.0665. The maximum atomic E-state index is 12.3. The highest BCUT2D eigenvalue weighted by molar-refractivity contribution is 5.97. The molecule has 0 spiro atoms. The van der Waals surface area contributed by atoms with Gasteiger partial charge in [0.25, 0.3) is 5.91 Å². The third kappa shape index (κ3) is 5.56. The van der Waals surface area contributed by atoms with Crippen LogP contribution in [0.4, 0.5) is 5.69 Å². The summed E-state index contributed by atoms with van der Waals surface area (Å²) < 4.78 is 0. The van der Waals surface area contributed by atoms with Gasteiger partial charge in [-0.2, -0.15) is 0 Å². The molecule has 1 saturated heterocycles. The summed E-state index contributed by atoms with van der Waals surface area (Å²) in [5, 5.41) is 5.95. The van der Waals surface area contributed by atoms with Gasteiger partial charge in [0.2, 0.25) is 5.91 Å². The van der Waals surface area contributed by atoms with Gasteiger partial charge in [-0.25, -0.2) is 0 Å². The molecule has 1 saturated carbocycles. The lowest BCUT2D eigenvalue weighted by molar-refractivity contribution is -0.119. The molecule has 5 heteroatoms. The SMILES string of the molecule is O=C(NCCCCN1CCCC1)c1cccc(NC(=O)C2CCCC2)c1. The Morgan fingerprint density at radius 1 is 1.04 bits per heavy atom. The molecule has 3 rings (SSSR count). The Balaban J connectivity index is 1.40. The van der Waals surface area contributed by atoms with Crippen LogP contribution in [0.1, 0.15) is 61.7 Å². The fraction of sp³-hybridized carbons (Fsp3) is 0.619. The molecule has 0 radical (unpaired) electrons. The lowest BCUT2D eigenvalue weighted by Crippen LogP contribution is -2.26. The van der Waals surface area contributed by atoms with Gasteiger partial charge in [0, 0.05) is 23.7 Å². The topological polar surface area (TPSA) is 61.4 Å². The van der Waals surface area contributed by atoms with Crippen LogP contribution in [0.5, 0.6) is 0 Å². The Morgan fingerprint density at radius 3 is 2.58 bits per heavy atom. The third-order valence-corrected chi connectivity index (χ3v) is 5.50. The van der Waals surface area contributed by atoms with E-state index in [2.05, 4.69) is 15.5 Å². The van der Waals surface area contributed by atoms with Gasteiger partial charge < -0.3 is 15.5 Å². The number of anilines is 1. The molecular formula is C21H31N3O2. The van der Waals surface area contributed by atoms with Gasteiger partial charge in [0.1, 0.15) is 0 Å². The smallest absolute Gasteiger partial charge is 0.251 e. The molecule has 5 nitrogen and oxygen atoms in total. The number of benzene rings is 1. The summed E-state index contributed by atoms with van der Waals surface area (Å²) in [4.78, 5) is 27.1. The second-order valence-corrected chi connectivity index (χ2v) is 7.56. The van der Waals surface area contributed by atoms with Gasteiger partial charge in [-0.3, -0.25) is 9.59 Å². The number of unbranched alkanes of at least 4 members (excludes halogenated alkanes) is 1. The average Bonchev–Trinajstić information content (AvgIpc) is 3.35. The molecule has 1 aromatic rings. The van der Waals surface area contributed by atoms with E-state index < -0.39 is 0 Å². The monoisotopic (exact) mass is 357 g/mol. The van der Waals surface area contributed by atoms with Crippen LogP contribution in [0.25, 0.3) is 0 Å². The van der Waals surface area contributed by atoms with Crippen LogP contribution in [-0.2, 0) is 4.79 Å². The second kappa shape index (κ2) is 9.72. The summed E-state index contributed by atoms with van der Waals surface area (Å²) >= 11 is 0. The Morgan fingerprint density at radius 2 is 1.81 bits per heavy atom. The standard InChI is InChI=1S/C21H31N3O2/c25-20(22-12-3-4-13-24-14-5-6-15-24)18-10-7-11-19(16-18)23-21(26)17-8-1-2-9-17/h7,10-11,16-17H,1-6,8-9,12-15H2,(H,22,25)(H,23,26). The first kappa shape index (κ1) is 18.9. The number of nitrogens with one attached hydrogen (secondary N) is 2. The Labute approximate surface area is 156 Å². The zero-order valence-corrected chi connectivity index (χ0v) is 15.6. The molecule has 1 heterocycles. The quantitative estimate of drug-likeness (QED) is 0.701. The Hall–Kier alpha value is -1.88. The van der Waals surface area contributed by atoms with E-state index >= 15 is 0 Å². The van der Waals surface area contributed by atoms with Crippen LogP contribution in [0.2, 0.25) is 0 Å². The fourth-order valence-corrected chi connectivity index (χ4v) is 3.94. The first-order chi connectivity index (χ1) is 12.7. The summed E-state index contributed by atoms with van der Waals surface area (Å²) in [6.07, 6.45) is 9.00. The second-order valence-electron chi connectivity index (χ2n) is 7.56. The number of rotatable bonds is 8. The van der Waals surface area contributed by atoms with Crippen molar-refractivity contribution in [2.45, 2.75) is 51.4 Å². The molecule has 2 N–H and O–H groups in total. The van der Waals surface area contributed by atoms with Gasteiger partial charge in [0.05, 0.1) is 0 Å². The molecule has 0 atom stereocenters. The first-order valence-corrected chi connectivity index (χ1v) is 10.1. The predicted octanol–water partition coefficient (Wildman–Crippen LogP) is 3.42. The van der Waals surface area contributed by atoms with E-state index in [-0.39, 0.29) is 17.7 Å². The number of carbonyl (C=O) groups excluding carboxylic acids is 2. The molecule has 1 aromatic carbocycles. The van der Waals surface area contributed by atoms with Crippen molar-refractivity contribution in [1.29, 1.82) is 0 Å². The summed E-state index contributed by atoms with van der Waals surface area (Å²) in [7, 11) is 0. The van der Waals surface area contributed by atoms with E-state index in [1.807, 2.05) is 12.1 Å². The molecule has 0 unspecified atom stereocenters. The van der Waals surface area contributed by atoms with Gasteiger partial charge in [-0.1, -0.05) is 18.9 Å². The van der Waals surface area contributed by atoms with E-state index in [0.717, 1.165) is 45.1 Å². The van der Waals surface area contributed by atoms with Crippen molar-refractivity contribution in [2.24, 2.45) is 5.92 Å². The van der Waals surface area contributed by atoms with E-state index in [0.29, 0.717) is 17.8 Å². The van der Waals surface area contributed by atoms with Crippen molar-refractivity contribution in [3.8, 4) is 0 Å². The minimum Gasteiger partial charge on any atom is -0.352 e. The normalized spacial score (nSPS) is 18.2. The summed E-state index contributed by atoms with van der Waals surface area (Å²) in [5.41, 5.74) is 1.32. The van der Waals surface area contributed by atoms with Crippen molar-refractivity contribution >= 4 is 17.5 Å². The van der Waals surface area contributed by atoms with Gasteiger partial charge in [-0.05, 0) is 76.4 Å². The molecule has 2 amide bonds. The summed E-state index contributed by atoms with van der Waals surface area (Å²) in [6, 6.07) is 7.24. The Bertz CT molecular complexity index is 605. The van der Waals surface area contributed by atoms with E-state index in [4.69, 9.17) is 0 Å². The number of nitrogens with zero attached hydrogens (tertiary/aromatic N) is 1. The maximum absolute atomic E-state index is 12.3. The maximum Gasteiger partial charge on any atom is 0.251 e. The highest BCUT2D eigenvalue weighted by Gasteiger charge is 2.22. The molecule has 2 aliphatic rings. The molecule has 0 bridgehead atoms. The number of hydrogen-bond donors (Lipinski definition) is 2. The summed E-state index contributed by atoms with van der Waals surface area (Å²) in [6.45, 7) is 4.29. The van der Waals surface area contributed by atoms with Gasteiger partial charge in [-0.15, -0.1) is 0 Å². The zero-order chi connectivity index (χ0) is 18.2. The lowest BCUT2D eigenvalue weighted by Gasteiger charge is -2.14. The van der Waals surface area contributed by atoms with Crippen LogP contribution in [0.3, 0.4) is 0 Å². The van der Waals surface area contributed by atoms with E-state index in [9.17, 15) is 9.59 Å². The first-order valence-electron chi connectivity index (χ1n) is 10.1. The summed E-state index contributed by atoms with van der Waals surface area (Å²) in [5.74, 6) is 0.146. The van der Waals surface area contributed by atoms with Crippen molar-refractivity contribution in [1.82, 2.24) is 10.2 Å². The van der Waals surface area contributed by atoms with Crippen molar-refractivity contribution in [3.63, 3.8) is 0 Å². The zero-order valence-electron chi connectivity index (χ0n) is 15.6. The molecule has 1 aliphatic carbocycles. The molecule has 1 aliphatic heterocycles. The number of amides is 2. The average molecular weight is 357 g/mol. The van der Waals surface area contributed by atoms with Crippen LogP contribution < -0.4 is 10.6 Å². The van der Waals surface area contributed by atoms with Crippen LogP contribution >= 0.6 is 0 Å². The molecule has 26 heavy (non-hydrogen) atoms. The lowest BCUT2D eigenvalue weighted by atomic mass is 10.1. The molecule has 142 valence electrons. The van der Waals surface area contributed by atoms with E-state index in [1.165, 1.54) is 25.9 Å². The molecular weight excluding hydrogens is 326 g/mol. The van der Waals surface area contributed by atoms with Gasteiger partial charge >= 0.3 is 0 Å². The number of hydrogen-bond acceptors (Lipinski definition) is 3. The third-order valence-electron chi connectivity index (χ3n) is 5.50. The van der Waals surface area contributed by atoms with Crippen LogP contribution in [0.15, 0.2) is 24.3 Å². The fourth-order valence-electron chi connectivity index (χ4n) is 3.94. The number of carbonyl (C=O) groups is 2. The van der Waals surface area contributed by atoms with Crippen molar-refractivity contribution in [2.75, 3.05) is 31.5 Å². The molecule has 0 aromatic heterocycles. The van der Waals surface area contributed by atoms with Crippen LogP contribution in [0, 0.1) is 5.92 Å². The van der Waals surface area contributed by atoms with Crippen molar-refractivity contribution < 1.29 is 9.59 Å². The van der Waals surface area contributed by atoms with Crippen molar-refractivity contribution in [3.05, 3.63) is 29.8 Å². The number of likely N-dealkylation sites (tertiary alicyclic amines) is 1. The van der Waals surface area contributed by atoms with Gasteiger partial charge in [0.15, 0.2) is 0 Å². The minimum absolute atomic E-state index is 0.0665. The molecule has 2 fully saturated rings. The largest absolute Gasteiger partial charge is 0.352 e.